The van der Waals surface area contributed by atoms with E-state index >= 15 is 0 Å². The van der Waals surface area contributed by atoms with Crippen molar-refractivity contribution in [2.24, 2.45) is 0 Å². The number of aliphatic hydroxyl groups excluding tert-OH is 1. The van der Waals surface area contributed by atoms with E-state index in [4.69, 9.17) is 14.6 Å². The summed E-state index contributed by atoms with van der Waals surface area (Å²) in [5.74, 6) is -0.188. The highest BCUT2D eigenvalue weighted by atomic mass is 16.6. The summed E-state index contributed by atoms with van der Waals surface area (Å²) in [4.78, 5) is 11.5. The van der Waals surface area contributed by atoms with Crippen LogP contribution in [0, 0.1) is 0 Å². The molecule has 0 aliphatic carbocycles. The Labute approximate surface area is 136 Å². The van der Waals surface area contributed by atoms with Crippen molar-refractivity contribution in [3.05, 3.63) is 0 Å². The Morgan fingerprint density at radius 2 is 1.41 bits per heavy atom. The Morgan fingerprint density at radius 1 is 0.909 bits per heavy atom. The van der Waals surface area contributed by atoms with Crippen LogP contribution in [0.2, 0.25) is 0 Å². The lowest BCUT2D eigenvalue weighted by Crippen LogP contribution is -2.24. The molecule has 4 heteroatoms. The van der Waals surface area contributed by atoms with Crippen LogP contribution in [0.15, 0.2) is 0 Å². The standard InChI is InChI=1S/C18H36O4/c1-3-4-5-6-7-8-9-10-11-12-13-14-18(20)22-16-17(15-19)21-2/h17,19H,3-16H2,1-2H3/t17-/m0/s1. The fraction of sp³-hybridized carbons (Fsp3) is 0.944. The first-order valence-electron chi connectivity index (χ1n) is 9.03. The Bertz CT molecular complexity index is 239. The van der Waals surface area contributed by atoms with Gasteiger partial charge in [0.2, 0.25) is 0 Å². The van der Waals surface area contributed by atoms with Crippen molar-refractivity contribution in [1.29, 1.82) is 0 Å². The number of ether oxygens (including phenoxy) is 2. The Balaban J connectivity index is 3.23. The van der Waals surface area contributed by atoms with Gasteiger partial charge in [-0.3, -0.25) is 4.79 Å². The predicted molar refractivity (Wildman–Crippen MR) is 89.9 cm³/mol. The van der Waals surface area contributed by atoms with Crippen molar-refractivity contribution in [3.63, 3.8) is 0 Å². The summed E-state index contributed by atoms with van der Waals surface area (Å²) in [7, 11) is 1.50. The molecule has 0 spiro atoms. The zero-order chi connectivity index (χ0) is 16.5. The van der Waals surface area contributed by atoms with E-state index in [0.29, 0.717) is 6.42 Å². The lowest BCUT2D eigenvalue weighted by Gasteiger charge is -2.12. The van der Waals surface area contributed by atoms with Crippen molar-refractivity contribution in [2.75, 3.05) is 20.3 Å². The third kappa shape index (κ3) is 14.3. The first kappa shape index (κ1) is 21.4. The van der Waals surface area contributed by atoms with Crippen LogP contribution in [0.4, 0.5) is 0 Å². The first-order chi connectivity index (χ1) is 10.7. The van der Waals surface area contributed by atoms with Gasteiger partial charge in [0.1, 0.15) is 12.7 Å². The molecule has 0 saturated heterocycles. The van der Waals surface area contributed by atoms with E-state index in [-0.39, 0.29) is 19.2 Å². The van der Waals surface area contributed by atoms with Crippen LogP contribution in [-0.4, -0.2) is 37.5 Å². The van der Waals surface area contributed by atoms with E-state index in [1.54, 1.807) is 0 Å². The zero-order valence-corrected chi connectivity index (χ0v) is 14.6. The highest BCUT2D eigenvalue weighted by molar-refractivity contribution is 5.69. The molecule has 0 rings (SSSR count). The van der Waals surface area contributed by atoms with Crippen molar-refractivity contribution in [1.82, 2.24) is 0 Å². The number of unbranched alkanes of at least 4 members (excludes halogenated alkanes) is 10. The van der Waals surface area contributed by atoms with Crippen LogP contribution in [0.1, 0.15) is 84.0 Å². The predicted octanol–water partition coefficient (Wildman–Crippen LogP) is 4.24. The highest BCUT2D eigenvalue weighted by Crippen LogP contribution is 2.12. The fourth-order valence-electron chi connectivity index (χ4n) is 2.39. The summed E-state index contributed by atoms with van der Waals surface area (Å²) in [6.07, 6.45) is 14.1. The molecule has 0 unspecified atom stereocenters. The molecule has 0 amide bonds. The Morgan fingerprint density at radius 3 is 1.86 bits per heavy atom. The van der Waals surface area contributed by atoms with Gasteiger partial charge < -0.3 is 14.6 Å². The molecule has 0 heterocycles. The third-order valence-electron chi connectivity index (χ3n) is 3.95. The first-order valence-corrected chi connectivity index (χ1v) is 9.03. The normalized spacial score (nSPS) is 12.3. The van der Waals surface area contributed by atoms with Crippen molar-refractivity contribution in [3.8, 4) is 0 Å². The molecular formula is C18H36O4. The van der Waals surface area contributed by atoms with Gasteiger partial charge in [-0.1, -0.05) is 71.1 Å². The largest absolute Gasteiger partial charge is 0.463 e. The van der Waals surface area contributed by atoms with Crippen LogP contribution in [0.25, 0.3) is 0 Å². The third-order valence-corrected chi connectivity index (χ3v) is 3.95. The maximum atomic E-state index is 11.5. The highest BCUT2D eigenvalue weighted by Gasteiger charge is 2.09. The summed E-state index contributed by atoms with van der Waals surface area (Å²) in [6, 6.07) is 0. The zero-order valence-electron chi connectivity index (χ0n) is 14.6. The van der Waals surface area contributed by atoms with Crippen LogP contribution < -0.4 is 0 Å². The van der Waals surface area contributed by atoms with Gasteiger partial charge in [-0.2, -0.15) is 0 Å². The summed E-state index contributed by atoms with van der Waals surface area (Å²) in [5.41, 5.74) is 0. The van der Waals surface area contributed by atoms with E-state index in [0.717, 1.165) is 12.8 Å². The van der Waals surface area contributed by atoms with Crippen molar-refractivity contribution >= 4 is 5.97 Å². The Kier molecular flexibility index (Phi) is 16.3. The number of esters is 1. The molecule has 0 bridgehead atoms. The van der Waals surface area contributed by atoms with Gasteiger partial charge in [-0.25, -0.2) is 0 Å². The lowest BCUT2D eigenvalue weighted by atomic mass is 10.1. The van der Waals surface area contributed by atoms with E-state index < -0.39 is 6.10 Å². The quantitative estimate of drug-likeness (QED) is 0.342. The van der Waals surface area contributed by atoms with E-state index in [9.17, 15) is 4.79 Å². The fourth-order valence-corrected chi connectivity index (χ4v) is 2.39. The van der Waals surface area contributed by atoms with Gasteiger partial charge in [0.05, 0.1) is 6.61 Å². The van der Waals surface area contributed by atoms with Gasteiger partial charge in [-0.15, -0.1) is 0 Å². The van der Waals surface area contributed by atoms with Gasteiger partial charge in [0.25, 0.3) is 0 Å². The molecule has 4 nitrogen and oxygen atoms in total. The van der Waals surface area contributed by atoms with E-state index in [1.807, 2.05) is 0 Å². The van der Waals surface area contributed by atoms with E-state index in [1.165, 1.54) is 64.9 Å². The molecule has 1 N–H and O–H groups in total. The molecule has 22 heavy (non-hydrogen) atoms. The second-order valence-corrected chi connectivity index (χ2v) is 6.01. The number of methoxy groups -OCH3 is 1. The van der Waals surface area contributed by atoms with Gasteiger partial charge in [-0.05, 0) is 6.42 Å². The smallest absolute Gasteiger partial charge is 0.305 e. The lowest BCUT2D eigenvalue weighted by molar-refractivity contribution is -0.148. The molecule has 0 saturated carbocycles. The molecule has 0 radical (unpaired) electrons. The van der Waals surface area contributed by atoms with Gasteiger partial charge >= 0.3 is 5.97 Å². The summed E-state index contributed by atoms with van der Waals surface area (Å²) < 4.78 is 9.99. The SMILES string of the molecule is CCCCCCCCCCCCCC(=O)OC[C@H](CO)OC. The molecule has 0 aromatic rings. The maximum absolute atomic E-state index is 11.5. The second kappa shape index (κ2) is 16.8. The van der Waals surface area contributed by atoms with Crippen LogP contribution in [0.5, 0.6) is 0 Å². The Hall–Kier alpha value is -0.610. The molecule has 0 aromatic heterocycles. The van der Waals surface area contributed by atoms with Crippen LogP contribution in [-0.2, 0) is 14.3 Å². The second-order valence-electron chi connectivity index (χ2n) is 6.01. The molecule has 0 aliphatic rings. The molecule has 0 fully saturated rings. The minimum atomic E-state index is -0.402. The minimum Gasteiger partial charge on any atom is -0.463 e. The van der Waals surface area contributed by atoms with Gasteiger partial charge in [0, 0.05) is 13.5 Å². The van der Waals surface area contributed by atoms with Crippen molar-refractivity contribution in [2.45, 2.75) is 90.1 Å². The van der Waals surface area contributed by atoms with Gasteiger partial charge in [0.15, 0.2) is 0 Å². The summed E-state index contributed by atoms with van der Waals surface area (Å²) in [6.45, 7) is 2.27. The van der Waals surface area contributed by atoms with Crippen LogP contribution >= 0.6 is 0 Å². The average molecular weight is 316 g/mol. The summed E-state index contributed by atoms with van der Waals surface area (Å²) in [5, 5.41) is 8.90. The molecule has 132 valence electrons. The number of hydrogen-bond donors (Lipinski definition) is 1. The number of carbonyl (C=O) groups is 1. The average Bonchev–Trinajstić information content (AvgIpc) is 2.53. The van der Waals surface area contributed by atoms with Crippen molar-refractivity contribution < 1.29 is 19.4 Å². The molecular weight excluding hydrogens is 280 g/mol. The monoisotopic (exact) mass is 316 g/mol. The van der Waals surface area contributed by atoms with Crippen LogP contribution in [0.3, 0.4) is 0 Å². The molecule has 1 atom stereocenters. The molecule has 0 aromatic carbocycles. The van der Waals surface area contributed by atoms with E-state index in [2.05, 4.69) is 6.92 Å². The molecule has 0 aliphatic heterocycles. The number of hydrogen-bond acceptors (Lipinski definition) is 4. The number of aliphatic hydroxyl groups is 1. The minimum absolute atomic E-state index is 0.123. The topological polar surface area (TPSA) is 55.8 Å². The number of rotatable bonds is 16. The maximum Gasteiger partial charge on any atom is 0.305 e. The number of carbonyl (C=O) groups excluding carboxylic acids is 1. The summed E-state index contributed by atoms with van der Waals surface area (Å²) >= 11 is 0.